The van der Waals surface area contributed by atoms with Crippen LogP contribution in [-0.4, -0.2) is 54.9 Å². The number of hydrogen-bond donors (Lipinski definition) is 1. The SMILES string of the molecule is Cc1ccnc2ccc(-c3c(-c4ccc(C(=O)N(C)C)cc4)nc(N)c4nnnn34)cc12. The van der Waals surface area contributed by atoms with Gasteiger partial charge < -0.3 is 10.6 Å². The van der Waals surface area contributed by atoms with Gasteiger partial charge in [0.2, 0.25) is 5.65 Å². The molecule has 0 saturated carbocycles. The molecule has 158 valence electrons. The van der Waals surface area contributed by atoms with Gasteiger partial charge in [0.25, 0.3) is 5.91 Å². The van der Waals surface area contributed by atoms with E-state index in [0.29, 0.717) is 22.6 Å². The van der Waals surface area contributed by atoms with Gasteiger partial charge in [-0.2, -0.15) is 4.52 Å². The van der Waals surface area contributed by atoms with Crippen molar-refractivity contribution >= 4 is 28.3 Å². The zero-order valence-electron chi connectivity index (χ0n) is 17.8. The van der Waals surface area contributed by atoms with E-state index < -0.39 is 0 Å². The lowest BCUT2D eigenvalue weighted by atomic mass is 10.00. The fraction of sp³-hybridized carbons (Fsp3) is 0.130. The molecule has 0 bridgehead atoms. The lowest BCUT2D eigenvalue weighted by molar-refractivity contribution is 0.0827. The van der Waals surface area contributed by atoms with E-state index in [-0.39, 0.29) is 11.7 Å². The van der Waals surface area contributed by atoms with E-state index in [1.54, 1.807) is 36.9 Å². The van der Waals surface area contributed by atoms with Crippen LogP contribution in [0.1, 0.15) is 15.9 Å². The second-order valence-electron chi connectivity index (χ2n) is 7.75. The second-order valence-corrected chi connectivity index (χ2v) is 7.75. The van der Waals surface area contributed by atoms with Crippen LogP contribution in [0.2, 0.25) is 0 Å². The fourth-order valence-corrected chi connectivity index (χ4v) is 3.74. The van der Waals surface area contributed by atoms with E-state index in [1.807, 2.05) is 37.3 Å². The molecule has 5 rings (SSSR count). The summed E-state index contributed by atoms with van der Waals surface area (Å²) in [5.41, 5.74) is 12.1. The Balaban J connectivity index is 1.75. The van der Waals surface area contributed by atoms with Crippen LogP contribution < -0.4 is 5.73 Å². The third-order valence-corrected chi connectivity index (χ3v) is 5.41. The molecule has 0 radical (unpaired) electrons. The van der Waals surface area contributed by atoms with Gasteiger partial charge in [0, 0.05) is 42.4 Å². The zero-order valence-corrected chi connectivity index (χ0v) is 17.8. The van der Waals surface area contributed by atoms with Crippen molar-refractivity contribution in [1.29, 1.82) is 0 Å². The Labute approximate surface area is 183 Å². The molecule has 0 aliphatic rings. The summed E-state index contributed by atoms with van der Waals surface area (Å²) in [6, 6.07) is 15.2. The third kappa shape index (κ3) is 3.11. The van der Waals surface area contributed by atoms with Gasteiger partial charge in [-0.25, -0.2) is 4.98 Å². The number of nitrogen functional groups attached to an aromatic ring is 1. The van der Waals surface area contributed by atoms with Gasteiger partial charge in [-0.05, 0) is 53.2 Å². The largest absolute Gasteiger partial charge is 0.380 e. The molecule has 0 spiro atoms. The van der Waals surface area contributed by atoms with Crippen LogP contribution in [0.15, 0.2) is 54.7 Å². The van der Waals surface area contributed by atoms with Gasteiger partial charge >= 0.3 is 0 Å². The normalized spacial score (nSPS) is 11.2. The number of pyridine rings is 1. The summed E-state index contributed by atoms with van der Waals surface area (Å²) in [5, 5.41) is 13.0. The number of fused-ring (bicyclic) bond motifs is 2. The molecule has 0 aliphatic carbocycles. The van der Waals surface area contributed by atoms with Gasteiger partial charge in [-0.1, -0.05) is 18.2 Å². The van der Waals surface area contributed by atoms with Crippen molar-refractivity contribution in [3.63, 3.8) is 0 Å². The Kier molecular flexibility index (Phi) is 4.51. The Morgan fingerprint density at radius 2 is 1.78 bits per heavy atom. The van der Waals surface area contributed by atoms with Crippen LogP contribution in [0, 0.1) is 6.92 Å². The highest BCUT2D eigenvalue weighted by molar-refractivity contribution is 5.95. The zero-order chi connectivity index (χ0) is 22.4. The maximum atomic E-state index is 12.3. The highest BCUT2D eigenvalue weighted by Crippen LogP contribution is 2.34. The summed E-state index contributed by atoms with van der Waals surface area (Å²) in [7, 11) is 3.44. The van der Waals surface area contributed by atoms with Crippen LogP contribution >= 0.6 is 0 Å². The first kappa shape index (κ1) is 19.6. The number of carbonyl (C=O) groups excluding carboxylic acids is 1. The standard InChI is InChI=1S/C23H20N8O/c1-13-10-11-25-18-9-8-16(12-17(13)18)20-19(26-21(24)22-27-28-29-31(20)22)14-4-6-15(7-5-14)23(32)30(2)3/h4-12H,1-3H3,(H2,24,26). The van der Waals surface area contributed by atoms with E-state index in [4.69, 9.17) is 5.73 Å². The fourth-order valence-electron chi connectivity index (χ4n) is 3.74. The Morgan fingerprint density at radius 3 is 2.53 bits per heavy atom. The predicted octanol–water partition coefficient (Wildman–Crippen LogP) is 2.99. The summed E-state index contributed by atoms with van der Waals surface area (Å²) in [6.07, 6.45) is 1.80. The monoisotopic (exact) mass is 424 g/mol. The molecule has 5 aromatic rings. The van der Waals surface area contributed by atoms with E-state index in [1.165, 1.54) is 4.90 Å². The molecule has 3 heterocycles. The van der Waals surface area contributed by atoms with Crippen molar-refractivity contribution in [1.82, 2.24) is 34.9 Å². The van der Waals surface area contributed by atoms with Crippen LogP contribution in [0.5, 0.6) is 0 Å². The predicted molar refractivity (Wildman–Crippen MR) is 122 cm³/mol. The summed E-state index contributed by atoms with van der Waals surface area (Å²) in [5.74, 6) is 0.151. The minimum absolute atomic E-state index is 0.0716. The number of aromatic nitrogens is 6. The van der Waals surface area contributed by atoms with Gasteiger partial charge in [0.05, 0.1) is 11.2 Å². The Hall–Kier alpha value is -4.40. The summed E-state index contributed by atoms with van der Waals surface area (Å²) >= 11 is 0. The van der Waals surface area contributed by atoms with E-state index in [9.17, 15) is 4.79 Å². The number of benzene rings is 2. The van der Waals surface area contributed by atoms with Crippen molar-refractivity contribution in [3.05, 3.63) is 65.9 Å². The highest BCUT2D eigenvalue weighted by atomic mass is 16.2. The number of nitrogens with zero attached hydrogens (tertiary/aromatic N) is 7. The Morgan fingerprint density at radius 1 is 1.03 bits per heavy atom. The first-order valence-corrected chi connectivity index (χ1v) is 9.99. The van der Waals surface area contributed by atoms with Gasteiger partial charge in [-0.15, -0.1) is 5.10 Å². The Bertz CT molecular complexity index is 1490. The molecule has 0 fully saturated rings. The molecule has 0 atom stereocenters. The molecule has 9 nitrogen and oxygen atoms in total. The number of carbonyl (C=O) groups is 1. The summed E-state index contributed by atoms with van der Waals surface area (Å²) < 4.78 is 1.60. The number of aryl methyl sites for hydroxylation is 1. The molecule has 9 heteroatoms. The topological polar surface area (TPSA) is 115 Å². The van der Waals surface area contributed by atoms with Crippen molar-refractivity contribution in [3.8, 4) is 22.5 Å². The second kappa shape index (κ2) is 7.38. The molecular weight excluding hydrogens is 404 g/mol. The van der Waals surface area contributed by atoms with Crippen molar-refractivity contribution < 1.29 is 4.79 Å². The number of hydrogen-bond acceptors (Lipinski definition) is 7. The smallest absolute Gasteiger partial charge is 0.253 e. The maximum Gasteiger partial charge on any atom is 0.253 e. The van der Waals surface area contributed by atoms with Crippen LogP contribution in [-0.2, 0) is 0 Å². The van der Waals surface area contributed by atoms with Crippen LogP contribution in [0.25, 0.3) is 39.1 Å². The third-order valence-electron chi connectivity index (χ3n) is 5.41. The number of amides is 1. The molecule has 2 N–H and O–H groups in total. The van der Waals surface area contributed by atoms with E-state index >= 15 is 0 Å². The highest BCUT2D eigenvalue weighted by Gasteiger charge is 2.20. The van der Waals surface area contributed by atoms with E-state index in [2.05, 4.69) is 31.6 Å². The molecule has 0 aliphatic heterocycles. The number of anilines is 1. The van der Waals surface area contributed by atoms with E-state index in [0.717, 1.165) is 27.6 Å². The molecule has 32 heavy (non-hydrogen) atoms. The van der Waals surface area contributed by atoms with Crippen molar-refractivity contribution in [2.45, 2.75) is 6.92 Å². The minimum Gasteiger partial charge on any atom is -0.380 e. The van der Waals surface area contributed by atoms with Crippen molar-refractivity contribution in [2.75, 3.05) is 19.8 Å². The summed E-state index contributed by atoms with van der Waals surface area (Å²) in [4.78, 5) is 22.9. The van der Waals surface area contributed by atoms with Gasteiger partial charge in [0.15, 0.2) is 5.82 Å². The molecule has 2 aromatic carbocycles. The molecule has 3 aromatic heterocycles. The summed E-state index contributed by atoms with van der Waals surface area (Å²) in [6.45, 7) is 2.04. The first-order chi connectivity index (χ1) is 15.4. The maximum absolute atomic E-state index is 12.3. The molecule has 1 amide bonds. The lowest BCUT2D eigenvalue weighted by Gasteiger charge is -2.14. The first-order valence-electron chi connectivity index (χ1n) is 9.99. The number of nitrogens with two attached hydrogens (primary N) is 1. The number of tetrazole rings is 1. The van der Waals surface area contributed by atoms with Gasteiger partial charge in [-0.3, -0.25) is 9.78 Å². The molecule has 0 unspecified atom stereocenters. The molecule has 0 saturated heterocycles. The number of rotatable bonds is 3. The van der Waals surface area contributed by atoms with Crippen LogP contribution in [0.3, 0.4) is 0 Å². The van der Waals surface area contributed by atoms with Gasteiger partial charge in [0.1, 0.15) is 5.69 Å². The lowest BCUT2D eigenvalue weighted by Crippen LogP contribution is -2.21. The quantitative estimate of drug-likeness (QED) is 0.473. The average molecular weight is 424 g/mol. The van der Waals surface area contributed by atoms with Crippen LogP contribution in [0.4, 0.5) is 5.82 Å². The van der Waals surface area contributed by atoms with Crippen molar-refractivity contribution in [2.24, 2.45) is 0 Å². The molecular formula is C23H20N8O. The average Bonchev–Trinajstić information content (AvgIpc) is 3.29. The minimum atomic E-state index is -0.0716.